The highest BCUT2D eigenvalue weighted by Crippen LogP contribution is 2.37. The molecule has 23 heavy (non-hydrogen) atoms. The quantitative estimate of drug-likeness (QED) is 0.786. The molecule has 0 aliphatic heterocycles. The highest BCUT2D eigenvalue weighted by Gasteiger charge is 2.34. The van der Waals surface area contributed by atoms with Crippen molar-refractivity contribution in [3.8, 4) is 11.1 Å². The lowest BCUT2D eigenvalue weighted by Crippen LogP contribution is -2.32. The molecule has 0 saturated heterocycles. The summed E-state index contributed by atoms with van der Waals surface area (Å²) in [6.07, 6.45) is 0. The summed E-state index contributed by atoms with van der Waals surface area (Å²) >= 11 is 5.96. The number of hydrogen-bond donors (Lipinski definition) is 2. The summed E-state index contributed by atoms with van der Waals surface area (Å²) in [5.74, 6) is -0.745. The first-order valence-electron chi connectivity index (χ1n) is 7.38. The van der Waals surface area contributed by atoms with Crippen molar-refractivity contribution in [1.29, 1.82) is 0 Å². The third-order valence-corrected chi connectivity index (χ3v) is 3.61. The molecule has 0 atom stereocenters. The molecule has 0 spiro atoms. The summed E-state index contributed by atoms with van der Waals surface area (Å²) in [6.45, 7) is 6.45. The van der Waals surface area contributed by atoms with E-state index in [2.05, 4.69) is 9.97 Å². The Morgan fingerprint density at radius 2 is 1.61 bits per heavy atom. The first-order valence-corrected chi connectivity index (χ1v) is 7.76. The summed E-state index contributed by atoms with van der Waals surface area (Å²) in [4.78, 5) is 8.41. The van der Waals surface area contributed by atoms with E-state index in [9.17, 15) is 0 Å². The molecule has 4 N–H and O–H groups in total. The van der Waals surface area contributed by atoms with Crippen molar-refractivity contribution < 1.29 is 9.47 Å². The number of nitrogens with two attached hydrogens (primary N) is 2. The van der Waals surface area contributed by atoms with Gasteiger partial charge >= 0.3 is 0 Å². The van der Waals surface area contributed by atoms with Crippen LogP contribution in [0.15, 0.2) is 24.3 Å². The first-order chi connectivity index (χ1) is 10.9. The molecule has 0 radical (unpaired) electrons. The van der Waals surface area contributed by atoms with Crippen molar-refractivity contribution in [2.24, 2.45) is 0 Å². The molecule has 0 aliphatic rings. The van der Waals surface area contributed by atoms with Crippen LogP contribution < -0.4 is 11.5 Å². The first kappa shape index (κ1) is 17.5. The third kappa shape index (κ3) is 3.72. The van der Waals surface area contributed by atoms with Crippen molar-refractivity contribution in [3.05, 3.63) is 35.0 Å². The fraction of sp³-hybridized carbons (Fsp3) is 0.375. The van der Waals surface area contributed by atoms with E-state index in [1.54, 1.807) is 19.1 Å². The molecule has 0 unspecified atom stereocenters. The van der Waals surface area contributed by atoms with Gasteiger partial charge in [-0.15, -0.1) is 0 Å². The molecule has 1 aromatic heterocycles. The van der Waals surface area contributed by atoms with Crippen LogP contribution in [0.2, 0.25) is 5.02 Å². The second kappa shape index (κ2) is 7.12. The molecule has 2 aromatic rings. The summed E-state index contributed by atoms with van der Waals surface area (Å²) in [5.41, 5.74) is 13.8. The minimum Gasteiger partial charge on any atom is -0.383 e. The largest absolute Gasteiger partial charge is 0.383 e. The summed E-state index contributed by atoms with van der Waals surface area (Å²) < 4.78 is 11.6. The Bertz CT molecular complexity index is 671. The zero-order chi connectivity index (χ0) is 17.0. The van der Waals surface area contributed by atoms with Gasteiger partial charge in [-0.2, -0.15) is 4.98 Å². The van der Waals surface area contributed by atoms with Crippen LogP contribution in [0, 0.1) is 0 Å². The second-order valence-corrected chi connectivity index (χ2v) is 5.45. The molecule has 1 aromatic carbocycles. The van der Waals surface area contributed by atoms with Crippen LogP contribution in [-0.2, 0) is 15.3 Å². The van der Waals surface area contributed by atoms with E-state index in [-0.39, 0.29) is 11.8 Å². The summed E-state index contributed by atoms with van der Waals surface area (Å²) in [5, 5.41) is 0.627. The van der Waals surface area contributed by atoms with Crippen LogP contribution in [0.25, 0.3) is 11.1 Å². The van der Waals surface area contributed by atoms with E-state index in [4.69, 9.17) is 32.5 Å². The van der Waals surface area contributed by atoms with Gasteiger partial charge in [0.15, 0.2) is 0 Å². The molecule has 7 heteroatoms. The SMILES string of the molecule is CCOC(C)(OCC)c1nc(N)nc(N)c1-c1ccc(Cl)cc1. The average molecular weight is 337 g/mol. The van der Waals surface area contributed by atoms with Crippen molar-refractivity contribution in [2.45, 2.75) is 26.6 Å². The molecule has 2 rings (SSSR count). The van der Waals surface area contributed by atoms with Crippen molar-refractivity contribution in [1.82, 2.24) is 9.97 Å². The van der Waals surface area contributed by atoms with Gasteiger partial charge in [-0.1, -0.05) is 23.7 Å². The van der Waals surface area contributed by atoms with Crippen LogP contribution >= 0.6 is 11.6 Å². The fourth-order valence-corrected chi connectivity index (χ4v) is 2.58. The Morgan fingerprint density at radius 1 is 1.04 bits per heavy atom. The van der Waals surface area contributed by atoms with Gasteiger partial charge in [0.25, 0.3) is 0 Å². The fourth-order valence-electron chi connectivity index (χ4n) is 2.46. The van der Waals surface area contributed by atoms with Gasteiger partial charge in [0, 0.05) is 18.2 Å². The molecule has 6 nitrogen and oxygen atoms in total. The maximum absolute atomic E-state index is 6.11. The standard InChI is InChI=1S/C16H21ClN4O2/c1-4-22-16(3,23-5-2)13-12(14(18)21-15(19)20-13)10-6-8-11(17)9-7-10/h6-9H,4-5H2,1-3H3,(H4,18,19,20,21). The minimum absolute atomic E-state index is 0.0702. The van der Waals surface area contributed by atoms with Crippen LogP contribution in [0.3, 0.4) is 0 Å². The molecule has 1 heterocycles. The number of ether oxygens (including phenoxy) is 2. The number of aromatic nitrogens is 2. The van der Waals surface area contributed by atoms with E-state index < -0.39 is 5.79 Å². The Labute approximate surface area is 140 Å². The maximum Gasteiger partial charge on any atom is 0.222 e. The highest BCUT2D eigenvalue weighted by molar-refractivity contribution is 6.30. The normalized spacial score (nSPS) is 11.7. The Balaban J connectivity index is 2.68. The van der Waals surface area contributed by atoms with E-state index in [0.717, 1.165) is 5.56 Å². The Morgan fingerprint density at radius 3 is 2.13 bits per heavy atom. The van der Waals surface area contributed by atoms with Gasteiger partial charge in [-0.25, -0.2) is 4.98 Å². The highest BCUT2D eigenvalue weighted by atomic mass is 35.5. The Hall–Kier alpha value is -1.89. The Kier molecular flexibility index (Phi) is 5.41. The van der Waals surface area contributed by atoms with Crippen LogP contribution in [0.4, 0.5) is 11.8 Å². The zero-order valence-corrected chi connectivity index (χ0v) is 14.2. The van der Waals surface area contributed by atoms with E-state index in [1.807, 2.05) is 26.0 Å². The summed E-state index contributed by atoms with van der Waals surface area (Å²) in [7, 11) is 0. The maximum atomic E-state index is 6.11. The molecule has 0 amide bonds. The third-order valence-electron chi connectivity index (χ3n) is 3.36. The number of hydrogen-bond acceptors (Lipinski definition) is 6. The molecule has 0 saturated carbocycles. The lowest BCUT2D eigenvalue weighted by atomic mass is 10.00. The topological polar surface area (TPSA) is 96.3 Å². The van der Waals surface area contributed by atoms with Crippen LogP contribution in [0.1, 0.15) is 26.5 Å². The molecule has 0 bridgehead atoms. The van der Waals surface area contributed by atoms with E-state index >= 15 is 0 Å². The molecule has 0 fully saturated rings. The molecule has 124 valence electrons. The lowest BCUT2D eigenvalue weighted by molar-refractivity contribution is -0.231. The average Bonchev–Trinajstić information content (AvgIpc) is 2.48. The minimum atomic E-state index is -1.08. The number of anilines is 2. The number of halogens is 1. The number of rotatable bonds is 6. The number of nitrogens with zero attached hydrogens (tertiary/aromatic N) is 2. The van der Waals surface area contributed by atoms with Gasteiger partial charge in [0.1, 0.15) is 11.5 Å². The predicted molar refractivity (Wildman–Crippen MR) is 91.9 cm³/mol. The molecule has 0 aliphatic carbocycles. The van der Waals surface area contributed by atoms with E-state index in [0.29, 0.717) is 29.5 Å². The van der Waals surface area contributed by atoms with Crippen LogP contribution in [-0.4, -0.2) is 23.2 Å². The van der Waals surface area contributed by atoms with Gasteiger partial charge < -0.3 is 20.9 Å². The monoisotopic (exact) mass is 336 g/mol. The van der Waals surface area contributed by atoms with Gasteiger partial charge in [-0.3, -0.25) is 0 Å². The molecular weight excluding hydrogens is 316 g/mol. The van der Waals surface area contributed by atoms with Crippen LogP contribution in [0.5, 0.6) is 0 Å². The zero-order valence-electron chi connectivity index (χ0n) is 13.5. The molecular formula is C16H21ClN4O2. The van der Waals surface area contributed by atoms with Crippen molar-refractivity contribution >= 4 is 23.4 Å². The summed E-state index contributed by atoms with van der Waals surface area (Å²) in [6, 6.07) is 7.23. The number of nitrogen functional groups attached to an aromatic ring is 2. The van der Waals surface area contributed by atoms with Crippen molar-refractivity contribution in [2.75, 3.05) is 24.7 Å². The van der Waals surface area contributed by atoms with Crippen molar-refractivity contribution in [3.63, 3.8) is 0 Å². The lowest BCUT2D eigenvalue weighted by Gasteiger charge is -2.30. The van der Waals surface area contributed by atoms with E-state index in [1.165, 1.54) is 0 Å². The van der Waals surface area contributed by atoms with Gasteiger partial charge in [-0.05, 0) is 38.5 Å². The van der Waals surface area contributed by atoms with Gasteiger partial charge in [0.05, 0.1) is 5.56 Å². The smallest absolute Gasteiger partial charge is 0.222 e. The van der Waals surface area contributed by atoms with Gasteiger partial charge in [0.2, 0.25) is 11.7 Å². The second-order valence-electron chi connectivity index (χ2n) is 5.01. The number of benzene rings is 1. The predicted octanol–water partition coefficient (Wildman–Crippen LogP) is 3.21.